The number of amides is 3. The van der Waals surface area contributed by atoms with Gasteiger partial charge in [0.25, 0.3) is 0 Å². The molecule has 1 atom stereocenters. The zero-order valence-electron chi connectivity index (χ0n) is 20.4. The van der Waals surface area contributed by atoms with E-state index >= 15 is 0 Å². The molecule has 0 saturated heterocycles. The van der Waals surface area contributed by atoms with E-state index in [9.17, 15) is 14.7 Å². The Labute approximate surface area is 198 Å². The second-order valence-corrected chi connectivity index (χ2v) is 8.21. The number of benzene rings is 1. The summed E-state index contributed by atoms with van der Waals surface area (Å²) < 4.78 is 11.5. The zero-order chi connectivity index (χ0) is 24.2. The number of carbonyl (C=O) groups is 2. The summed E-state index contributed by atoms with van der Waals surface area (Å²) in [7, 11) is 0. The highest BCUT2D eigenvalue weighted by Crippen LogP contribution is 2.16. The predicted molar refractivity (Wildman–Crippen MR) is 130 cm³/mol. The molecule has 1 rings (SSSR count). The molecule has 0 fully saturated rings. The highest BCUT2D eigenvalue weighted by atomic mass is 16.5. The van der Waals surface area contributed by atoms with Gasteiger partial charge in [-0.3, -0.25) is 10.2 Å². The van der Waals surface area contributed by atoms with Crippen LogP contribution in [-0.2, 0) is 9.53 Å². The smallest absolute Gasteiger partial charge is 0.333 e. The Morgan fingerprint density at radius 2 is 1.61 bits per heavy atom. The van der Waals surface area contributed by atoms with Crippen LogP contribution in [0.25, 0.3) is 0 Å². The molecule has 0 aliphatic heterocycles. The van der Waals surface area contributed by atoms with Crippen LogP contribution in [0.2, 0.25) is 0 Å². The third kappa shape index (κ3) is 15.9. The normalized spacial score (nSPS) is 11.6. The van der Waals surface area contributed by atoms with Gasteiger partial charge in [0.1, 0.15) is 18.1 Å². The second kappa shape index (κ2) is 19.0. The lowest BCUT2D eigenvalue weighted by molar-refractivity contribution is -0.121. The van der Waals surface area contributed by atoms with Crippen LogP contribution in [0.1, 0.15) is 84.5 Å². The zero-order valence-corrected chi connectivity index (χ0v) is 20.4. The van der Waals surface area contributed by atoms with Gasteiger partial charge in [-0.1, -0.05) is 52.4 Å². The number of rotatable bonds is 18. The number of carbonyl (C=O) groups excluding carboxylic acids is 2. The minimum Gasteiger partial charge on any atom is -0.508 e. The number of ether oxygens (including phenoxy) is 2. The van der Waals surface area contributed by atoms with Crippen LogP contribution >= 0.6 is 0 Å². The molecule has 0 saturated carbocycles. The molecule has 8 nitrogen and oxygen atoms in total. The third-order valence-electron chi connectivity index (χ3n) is 5.22. The summed E-state index contributed by atoms with van der Waals surface area (Å²) in [6.45, 7) is 5.72. The Hall–Kier alpha value is -2.48. The number of unbranched alkanes of at least 4 members (excludes halogenated alkanes) is 5. The van der Waals surface area contributed by atoms with Crippen molar-refractivity contribution in [2.75, 3.05) is 19.8 Å². The van der Waals surface area contributed by atoms with Gasteiger partial charge in [0, 0.05) is 13.0 Å². The number of phenolic OH excluding ortho intramolecular Hbond substituents is 1. The molecule has 3 amide bonds. The molecular weight excluding hydrogens is 422 g/mol. The molecule has 1 aromatic rings. The van der Waals surface area contributed by atoms with Crippen molar-refractivity contribution in [2.24, 2.45) is 0 Å². The SMILES string of the molecule is CCCCCC(CCCC)OCCCCCC(=O)NNC(=O)NCCOc1ccc(O)cc1. The number of hydrogen-bond donors (Lipinski definition) is 4. The highest BCUT2D eigenvalue weighted by Gasteiger charge is 2.09. The molecule has 0 aliphatic rings. The fraction of sp³-hybridized carbons (Fsp3) is 0.680. The Bertz CT molecular complexity index is 639. The van der Waals surface area contributed by atoms with E-state index in [1.54, 1.807) is 12.1 Å². The highest BCUT2D eigenvalue weighted by molar-refractivity contribution is 5.80. The maximum atomic E-state index is 11.9. The van der Waals surface area contributed by atoms with Crippen molar-refractivity contribution in [3.63, 3.8) is 0 Å². The van der Waals surface area contributed by atoms with Crippen molar-refractivity contribution in [3.8, 4) is 11.5 Å². The average molecular weight is 466 g/mol. The van der Waals surface area contributed by atoms with Gasteiger partial charge in [0.15, 0.2) is 0 Å². The van der Waals surface area contributed by atoms with Gasteiger partial charge in [-0.05, 0) is 49.9 Å². The van der Waals surface area contributed by atoms with Gasteiger partial charge in [-0.25, -0.2) is 10.2 Å². The monoisotopic (exact) mass is 465 g/mol. The predicted octanol–water partition coefficient (Wildman–Crippen LogP) is 4.82. The lowest BCUT2D eigenvalue weighted by atomic mass is 10.1. The molecule has 1 unspecified atom stereocenters. The second-order valence-electron chi connectivity index (χ2n) is 8.21. The average Bonchev–Trinajstić information content (AvgIpc) is 2.81. The summed E-state index contributed by atoms with van der Waals surface area (Å²) in [5, 5.41) is 11.8. The van der Waals surface area contributed by atoms with Crippen LogP contribution in [0.15, 0.2) is 24.3 Å². The van der Waals surface area contributed by atoms with Crippen LogP contribution in [-0.4, -0.2) is 42.9 Å². The van der Waals surface area contributed by atoms with E-state index in [4.69, 9.17) is 9.47 Å². The summed E-state index contributed by atoms with van der Waals surface area (Å²) in [4.78, 5) is 23.6. The molecule has 1 aromatic carbocycles. The summed E-state index contributed by atoms with van der Waals surface area (Å²) in [5.74, 6) is 0.547. The van der Waals surface area contributed by atoms with Gasteiger partial charge in [0.05, 0.1) is 12.6 Å². The van der Waals surface area contributed by atoms with Crippen LogP contribution < -0.4 is 20.9 Å². The minimum atomic E-state index is -0.493. The van der Waals surface area contributed by atoms with Crippen molar-refractivity contribution < 1.29 is 24.2 Å². The maximum absolute atomic E-state index is 11.9. The first-order chi connectivity index (χ1) is 16.0. The van der Waals surface area contributed by atoms with E-state index in [2.05, 4.69) is 30.0 Å². The quantitative estimate of drug-likeness (QED) is 0.184. The standard InChI is InChI=1S/C25H43N3O5/c1-3-5-8-12-22(11-6-4-2)32-19-10-7-9-13-24(30)27-28-25(31)26-18-20-33-23-16-14-21(29)15-17-23/h14-17,22,29H,3-13,18-20H2,1-2H3,(H,27,30)(H2,26,28,31). The van der Waals surface area contributed by atoms with Crippen LogP contribution in [0.5, 0.6) is 11.5 Å². The van der Waals surface area contributed by atoms with Gasteiger partial charge in [-0.15, -0.1) is 0 Å². The molecule has 0 aromatic heterocycles. The molecular formula is C25H43N3O5. The van der Waals surface area contributed by atoms with Crippen LogP contribution in [0.4, 0.5) is 4.79 Å². The van der Waals surface area contributed by atoms with E-state index in [1.165, 1.54) is 44.2 Å². The van der Waals surface area contributed by atoms with E-state index in [-0.39, 0.29) is 24.8 Å². The summed E-state index contributed by atoms with van der Waals surface area (Å²) in [6.07, 6.45) is 11.8. The maximum Gasteiger partial charge on any atom is 0.333 e. The summed E-state index contributed by atoms with van der Waals surface area (Å²) >= 11 is 0. The lowest BCUT2D eigenvalue weighted by Crippen LogP contribution is -2.47. The van der Waals surface area contributed by atoms with E-state index in [0.29, 0.717) is 18.3 Å². The fourth-order valence-electron chi connectivity index (χ4n) is 3.29. The van der Waals surface area contributed by atoms with Crippen molar-refractivity contribution in [2.45, 2.75) is 90.6 Å². The molecule has 0 spiro atoms. The first kappa shape index (κ1) is 28.6. The first-order valence-electron chi connectivity index (χ1n) is 12.4. The van der Waals surface area contributed by atoms with Gasteiger partial charge in [-0.2, -0.15) is 0 Å². The number of hydrogen-bond acceptors (Lipinski definition) is 5. The Morgan fingerprint density at radius 1 is 0.879 bits per heavy atom. The number of nitrogens with one attached hydrogen (secondary N) is 3. The minimum absolute atomic E-state index is 0.165. The number of urea groups is 1. The molecule has 4 N–H and O–H groups in total. The third-order valence-corrected chi connectivity index (χ3v) is 5.22. The van der Waals surface area contributed by atoms with Crippen molar-refractivity contribution in [3.05, 3.63) is 24.3 Å². The fourth-order valence-corrected chi connectivity index (χ4v) is 3.29. The van der Waals surface area contributed by atoms with Crippen molar-refractivity contribution >= 4 is 11.9 Å². The van der Waals surface area contributed by atoms with E-state index in [0.717, 1.165) is 38.7 Å². The van der Waals surface area contributed by atoms with Gasteiger partial charge >= 0.3 is 6.03 Å². The number of aromatic hydroxyl groups is 1. The summed E-state index contributed by atoms with van der Waals surface area (Å²) in [6, 6.07) is 5.83. The molecule has 0 aliphatic carbocycles. The summed E-state index contributed by atoms with van der Waals surface area (Å²) in [5.41, 5.74) is 4.74. The molecule has 0 heterocycles. The number of hydrazine groups is 1. The van der Waals surface area contributed by atoms with Gasteiger partial charge < -0.3 is 19.9 Å². The first-order valence-corrected chi connectivity index (χ1v) is 12.4. The molecule has 33 heavy (non-hydrogen) atoms. The molecule has 0 radical (unpaired) electrons. The molecule has 188 valence electrons. The topological polar surface area (TPSA) is 109 Å². The number of phenols is 1. The van der Waals surface area contributed by atoms with Crippen molar-refractivity contribution in [1.82, 2.24) is 16.2 Å². The molecule has 0 bridgehead atoms. The lowest BCUT2D eigenvalue weighted by Gasteiger charge is -2.17. The van der Waals surface area contributed by atoms with Crippen molar-refractivity contribution in [1.29, 1.82) is 0 Å². The van der Waals surface area contributed by atoms with Crippen LogP contribution in [0.3, 0.4) is 0 Å². The molecule has 8 heteroatoms. The van der Waals surface area contributed by atoms with Gasteiger partial charge in [0.2, 0.25) is 5.91 Å². The Morgan fingerprint density at radius 3 is 2.33 bits per heavy atom. The van der Waals surface area contributed by atoms with E-state index in [1.807, 2.05) is 0 Å². The van der Waals surface area contributed by atoms with Crippen LogP contribution in [0, 0.1) is 0 Å². The van der Waals surface area contributed by atoms with E-state index < -0.39 is 6.03 Å². The Balaban J connectivity index is 2.01. The largest absolute Gasteiger partial charge is 0.508 e. The Kier molecular flexibility index (Phi) is 16.5.